The third-order valence-electron chi connectivity index (χ3n) is 5.04. The van der Waals surface area contributed by atoms with Crippen molar-refractivity contribution < 1.29 is 23.5 Å². The van der Waals surface area contributed by atoms with Crippen LogP contribution in [0, 0.1) is 11.4 Å². The number of hydrogen-bond acceptors (Lipinski definition) is 7. The fourth-order valence-electron chi connectivity index (χ4n) is 3.35. The number of carbonyl (C=O) groups is 2. The Hall–Kier alpha value is -4.67. The molecule has 1 atom stereocenters. The number of nitrogen functional groups attached to an aromatic ring is 1. The van der Waals surface area contributed by atoms with Crippen molar-refractivity contribution >= 4 is 23.3 Å². The van der Waals surface area contributed by atoms with Crippen LogP contribution in [0.5, 0.6) is 11.5 Å². The van der Waals surface area contributed by atoms with E-state index in [1.54, 1.807) is 42.5 Å². The SMILES string of the molecule is CCOc1cc(C(Nc2ccc(C(=N)N)cc2)C(=O)NNC(=O)c2cccnc2F)ccc1OC(C)C. The summed E-state index contributed by atoms with van der Waals surface area (Å²) in [5, 5.41) is 10.7. The van der Waals surface area contributed by atoms with Gasteiger partial charge >= 0.3 is 0 Å². The average Bonchev–Trinajstić information content (AvgIpc) is 2.87. The summed E-state index contributed by atoms with van der Waals surface area (Å²) in [5.74, 6) is -1.58. The lowest BCUT2D eigenvalue weighted by Gasteiger charge is -2.22. The number of nitrogens with one attached hydrogen (secondary N) is 4. The van der Waals surface area contributed by atoms with Crippen molar-refractivity contribution in [1.82, 2.24) is 15.8 Å². The maximum absolute atomic E-state index is 13.9. The smallest absolute Gasteiger partial charge is 0.274 e. The van der Waals surface area contributed by atoms with Crippen molar-refractivity contribution in [1.29, 1.82) is 5.41 Å². The molecule has 194 valence electrons. The zero-order chi connectivity index (χ0) is 26.9. The molecule has 0 aliphatic carbocycles. The third kappa shape index (κ3) is 7.17. The van der Waals surface area contributed by atoms with Crippen molar-refractivity contribution in [2.24, 2.45) is 5.73 Å². The van der Waals surface area contributed by atoms with E-state index in [-0.39, 0.29) is 17.5 Å². The van der Waals surface area contributed by atoms with Crippen molar-refractivity contribution in [3.05, 3.63) is 83.4 Å². The first-order chi connectivity index (χ1) is 17.7. The van der Waals surface area contributed by atoms with E-state index in [0.29, 0.717) is 34.9 Å². The highest BCUT2D eigenvalue weighted by molar-refractivity contribution is 5.97. The van der Waals surface area contributed by atoms with Crippen molar-refractivity contribution in [2.75, 3.05) is 11.9 Å². The molecule has 11 heteroatoms. The third-order valence-corrected chi connectivity index (χ3v) is 5.04. The van der Waals surface area contributed by atoms with Gasteiger partial charge in [-0.3, -0.25) is 25.8 Å². The van der Waals surface area contributed by atoms with Crippen LogP contribution in [0.4, 0.5) is 10.1 Å². The number of pyridine rings is 1. The second-order valence-corrected chi connectivity index (χ2v) is 8.16. The molecule has 1 aromatic heterocycles. The average molecular weight is 509 g/mol. The molecule has 0 saturated carbocycles. The lowest BCUT2D eigenvalue weighted by Crippen LogP contribution is -2.45. The Morgan fingerprint density at radius 1 is 1.08 bits per heavy atom. The molecule has 0 radical (unpaired) electrons. The van der Waals surface area contributed by atoms with E-state index in [2.05, 4.69) is 21.2 Å². The molecule has 0 bridgehead atoms. The van der Waals surface area contributed by atoms with E-state index in [9.17, 15) is 14.0 Å². The fourth-order valence-corrected chi connectivity index (χ4v) is 3.35. The molecular weight excluding hydrogens is 479 g/mol. The summed E-state index contributed by atoms with van der Waals surface area (Å²) in [7, 11) is 0. The number of aromatic nitrogens is 1. The van der Waals surface area contributed by atoms with Gasteiger partial charge in [-0.15, -0.1) is 0 Å². The minimum Gasteiger partial charge on any atom is -0.490 e. The summed E-state index contributed by atoms with van der Waals surface area (Å²) < 4.78 is 25.4. The Kier molecular flexibility index (Phi) is 8.98. The first-order valence-electron chi connectivity index (χ1n) is 11.5. The molecule has 0 aliphatic heterocycles. The van der Waals surface area contributed by atoms with E-state index in [1.165, 1.54) is 18.3 Å². The maximum Gasteiger partial charge on any atom is 0.274 e. The van der Waals surface area contributed by atoms with Crippen molar-refractivity contribution in [2.45, 2.75) is 32.9 Å². The summed E-state index contributed by atoms with van der Waals surface area (Å²) in [6, 6.07) is 13.3. The standard InChI is InChI=1S/C26H29FN6O4/c1-4-36-21-14-17(9-12-20(21)37-15(2)3)22(31-18-10-7-16(8-11-18)24(28)29)26(35)33-32-25(34)19-6-5-13-30-23(19)27/h5-15,22,31H,4H2,1-3H3,(H3,28,29)(H,32,34)(H,33,35). The van der Waals surface area contributed by atoms with Gasteiger partial charge in [0.15, 0.2) is 11.5 Å². The number of ether oxygens (including phenoxy) is 2. The Bertz CT molecular complexity index is 1270. The van der Waals surface area contributed by atoms with Gasteiger partial charge in [-0.25, -0.2) is 4.98 Å². The van der Waals surface area contributed by atoms with Crippen molar-refractivity contribution in [3.63, 3.8) is 0 Å². The number of carbonyl (C=O) groups excluding carboxylic acids is 2. The highest BCUT2D eigenvalue weighted by Gasteiger charge is 2.24. The Morgan fingerprint density at radius 3 is 2.43 bits per heavy atom. The zero-order valence-electron chi connectivity index (χ0n) is 20.7. The van der Waals surface area contributed by atoms with Gasteiger partial charge in [0.05, 0.1) is 18.3 Å². The number of hydrazine groups is 1. The number of halogens is 1. The molecule has 37 heavy (non-hydrogen) atoms. The van der Waals surface area contributed by atoms with Crippen LogP contribution in [-0.2, 0) is 4.79 Å². The molecular formula is C26H29FN6O4. The van der Waals surface area contributed by atoms with Gasteiger partial charge in [0, 0.05) is 17.4 Å². The zero-order valence-corrected chi connectivity index (χ0v) is 20.7. The predicted molar refractivity (Wildman–Crippen MR) is 137 cm³/mol. The summed E-state index contributed by atoms with van der Waals surface area (Å²) in [4.78, 5) is 29.1. The number of anilines is 1. The second-order valence-electron chi connectivity index (χ2n) is 8.16. The first kappa shape index (κ1) is 26.9. The molecule has 1 unspecified atom stereocenters. The highest BCUT2D eigenvalue weighted by atomic mass is 19.1. The van der Waals surface area contributed by atoms with E-state index in [1.807, 2.05) is 20.8 Å². The van der Waals surface area contributed by atoms with E-state index >= 15 is 0 Å². The normalized spacial score (nSPS) is 11.4. The van der Waals surface area contributed by atoms with Gasteiger partial charge in [0.2, 0.25) is 5.95 Å². The Balaban J connectivity index is 1.89. The lowest BCUT2D eigenvalue weighted by atomic mass is 10.0. The van der Waals surface area contributed by atoms with Crippen LogP contribution in [0.3, 0.4) is 0 Å². The first-order valence-corrected chi connectivity index (χ1v) is 11.5. The number of hydrogen-bond donors (Lipinski definition) is 5. The molecule has 0 fully saturated rings. The number of nitrogens with zero attached hydrogens (tertiary/aromatic N) is 1. The quantitative estimate of drug-likeness (QED) is 0.122. The number of benzene rings is 2. The van der Waals surface area contributed by atoms with Gasteiger partial charge < -0.3 is 20.5 Å². The van der Waals surface area contributed by atoms with E-state index in [0.717, 1.165) is 0 Å². The summed E-state index contributed by atoms with van der Waals surface area (Å²) in [6.45, 7) is 5.99. The molecule has 0 saturated heterocycles. The van der Waals surface area contributed by atoms with Crippen LogP contribution in [0.2, 0.25) is 0 Å². The molecule has 3 aromatic rings. The van der Waals surface area contributed by atoms with Crippen LogP contribution in [0.1, 0.15) is 48.3 Å². The minimum absolute atomic E-state index is 0.0895. The fraction of sp³-hybridized carbons (Fsp3) is 0.231. The molecule has 0 aliphatic rings. The minimum atomic E-state index is -1.01. The molecule has 6 N–H and O–H groups in total. The number of amides is 2. The highest BCUT2D eigenvalue weighted by Crippen LogP contribution is 2.32. The van der Waals surface area contributed by atoms with Gasteiger partial charge in [0.1, 0.15) is 11.9 Å². The van der Waals surface area contributed by atoms with Gasteiger partial charge in [-0.05, 0) is 74.9 Å². The molecule has 0 spiro atoms. The number of amidine groups is 1. The van der Waals surface area contributed by atoms with Gasteiger partial charge in [0.25, 0.3) is 11.8 Å². The lowest BCUT2D eigenvalue weighted by molar-refractivity contribution is -0.122. The van der Waals surface area contributed by atoms with Crippen LogP contribution < -0.4 is 31.4 Å². The molecule has 2 amide bonds. The molecule has 2 aromatic carbocycles. The van der Waals surface area contributed by atoms with Crippen LogP contribution in [0.15, 0.2) is 60.8 Å². The van der Waals surface area contributed by atoms with Gasteiger partial charge in [-0.2, -0.15) is 4.39 Å². The van der Waals surface area contributed by atoms with E-state index < -0.39 is 23.8 Å². The van der Waals surface area contributed by atoms with Crippen LogP contribution in [-0.4, -0.2) is 35.3 Å². The predicted octanol–water partition coefficient (Wildman–Crippen LogP) is 3.31. The largest absolute Gasteiger partial charge is 0.490 e. The van der Waals surface area contributed by atoms with Gasteiger partial charge in [-0.1, -0.05) is 6.07 Å². The maximum atomic E-state index is 13.9. The summed E-state index contributed by atoms with van der Waals surface area (Å²) in [6.07, 6.45) is 1.12. The Morgan fingerprint density at radius 2 is 1.81 bits per heavy atom. The molecule has 10 nitrogen and oxygen atoms in total. The number of rotatable bonds is 10. The summed E-state index contributed by atoms with van der Waals surface area (Å²) in [5.41, 5.74) is 11.3. The molecule has 1 heterocycles. The number of nitrogens with two attached hydrogens (primary N) is 1. The Labute approximate surface area is 213 Å². The van der Waals surface area contributed by atoms with Crippen LogP contribution in [0.25, 0.3) is 0 Å². The second kappa shape index (κ2) is 12.3. The topological polar surface area (TPSA) is 151 Å². The van der Waals surface area contributed by atoms with Crippen LogP contribution >= 0.6 is 0 Å². The van der Waals surface area contributed by atoms with E-state index in [4.69, 9.17) is 20.6 Å². The molecule has 3 rings (SSSR count). The summed E-state index contributed by atoms with van der Waals surface area (Å²) >= 11 is 0. The van der Waals surface area contributed by atoms with Crippen molar-refractivity contribution in [3.8, 4) is 11.5 Å². The monoisotopic (exact) mass is 508 g/mol.